The highest BCUT2D eigenvalue weighted by molar-refractivity contribution is 7.80. The van der Waals surface area contributed by atoms with Crippen molar-refractivity contribution >= 4 is 17.2 Å². The van der Waals surface area contributed by atoms with Crippen molar-refractivity contribution in [2.75, 3.05) is 20.1 Å². The fourth-order valence-electron chi connectivity index (χ4n) is 1.41. The summed E-state index contributed by atoms with van der Waals surface area (Å²) in [4.78, 5) is 3.40. The number of rotatable bonds is 2. The van der Waals surface area contributed by atoms with E-state index in [0.717, 1.165) is 24.1 Å². The van der Waals surface area contributed by atoms with Crippen molar-refractivity contribution in [1.82, 2.24) is 10.2 Å². The first-order chi connectivity index (χ1) is 5.25. The highest BCUT2D eigenvalue weighted by atomic mass is 32.1. The monoisotopic (exact) mass is 170 g/mol. The van der Waals surface area contributed by atoms with Gasteiger partial charge in [-0.1, -0.05) is 12.2 Å². The van der Waals surface area contributed by atoms with E-state index >= 15 is 0 Å². The summed E-state index contributed by atoms with van der Waals surface area (Å²) in [5.74, 6) is 0.649. The van der Waals surface area contributed by atoms with E-state index in [1.54, 1.807) is 0 Å². The minimum absolute atomic E-state index is 0.649. The Bertz CT molecular complexity index is 171. The third-order valence-electron chi connectivity index (χ3n) is 2.36. The molecule has 62 valence electrons. The van der Waals surface area contributed by atoms with E-state index in [4.69, 9.17) is 12.2 Å². The van der Waals surface area contributed by atoms with Crippen LogP contribution in [0.2, 0.25) is 0 Å². The van der Waals surface area contributed by atoms with Gasteiger partial charge in [0.1, 0.15) is 0 Å². The predicted molar refractivity (Wildman–Crippen MR) is 49.7 cm³/mol. The van der Waals surface area contributed by atoms with Crippen molar-refractivity contribution in [3.05, 3.63) is 0 Å². The van der Waals surface area contributed by atoms with Crippen LogP contribution in [0.25, 0.3) is 0 Å². The van der Waals surface area contributed by atoms with Crippen LogP contribution in [-0.4, -0.2) is 36.1 Å². The second-order valence-electron chi connectivity index (χ2n) is 3.70. The summed E-state index contributed by atoms with van der Waals surface area (Å²) in [5.41, 5.74) is 0. The van der Waals surface area contributed by atoms with Gasteiger partial charge in [-0.15, -0.1) is 0 Å². The fourth-order valence-corrected chi connectivity index (χ4v) is 1.73. The van der Waals surface area contributed by atoms with Gasteiger partial charge in [-0.25, -0.2) is 0 Å². The van der Waals surface area contributed by atoms with Crippen molar-refractivity contribution in [3.63, 3.8) is 0 Å². The second-order valence-corrected chi connectivity index (χ2v) is 4.14. The lowest BCUT2D eigenvalue weighted by molar-refractivity contribution is 0.182. The standard InChI is InChI=1S/C8H14N2S/c1-10-4-6(5-10)8(11)9-7-2-3-7/h6-7H,2-5H2,1H3,(H,9,11). The van der Waals surface area contributed by atoms with E-state index < -0.39 is 0 Å². The molecule has 3 heteroatoms. The lowest BCUT2D eigenvalue weighted by atomic mass is 10.0. The molecule has 0 aromatic heterocycles. The second kappa shape index (κ2) is 2.72. The molecule has 2 aliphatic rings. The molecule has 0 spiro atoms. The average molecular weight is 170 g/mol. The summed E-state index contributed by atoms with van der Waals surface area (Å²) in [6.07, 6.45) is 2.64. The molecule has 2 fully saturated rings. The molecular formula is C8H14N2S. The summed E-state index contributed by atoms with van der Waals surface area (Å²) >= 11 is 5.26. The van der Waals surface area contributed by atoms with Crippen LogP contribution >= 0.6 is 12.2 Å². The molecule has 1 saturated carbocycles. The van der Waals surface area contributed by atoms with Crippen molar-refractivity contribution in [2.24, 2.45) is 5.92 Å². The van der Waals surface area contributed by atoms with Crippen LogP contribution < -0.4 is 5.32 Å². The molecule has 0 radical (unpaired) electrons. The third-order valence-corrected chi connectivity index (χ3v) is 2.81. The number of likely N-dealkylation sites (tertiary alicyclic amines) is 1. The van der Waals surface area contributed by atoms with E-state index in [1.807, 2.05) is 0 Å². The van der Waals surface area contributed by atoms with Gasteiger partial charge in [0.25, 0.3) is 0 Å². The number of hydrogen-bond donors (Lipinski definition) is 1. The van der Waals surface area contributed by atoms with Gasteiger partial charge in [-0.2, -0.15) is 0 Å². The Balaban J connectivity index is 1.72. The smallest absolute Gasteiger partial charge is 0.0812 e. The zero-order chi connectivity index (χ0) is 7.84. The normalized spacial score (nSPS) is 26.3. The molecule has 11 heavy (non-hydrogen) atoms. The maximum Gasteiger partial charge on any atom is 0.0812 e. The molecule has 2 rings (SSSR count). The molecule has 0 amide bonds. The van der Waals surface area contributed by atoms with E-state index in [9.17, 15) is 0 Å². The van der Waals surface area contributed by atoms with Crippen LogP contribution in [0.15, 0.2) is 0 Å². The van der Waals surface area contributed by atoms with E-state index in [-0.39, 0.29) is 0 Å². The first-order valence-electron chi connectivity index (χ1n) is 4.24. The maximum absolute atomic E-state index is 5.26. The molecule has 2 nitrogen and oxygen atoms in total. The van der Waals surface area contributed by atoms with Gasteiger partial charge in [0, 0.05) is 25.0 Å². The fraction of sp³-hybridized carbons (Fsp3) is 0.875. The topological polar surface area (TPSA) is 15.3 Å². The van der Waals surface area contributed by atoms with Gasteiger partial charge in [-0.3, -0.25) is 0 Å². The summed E-state index contributed by atoms with van der Waals surface area (Å²) in [6.45, 7) is 2.30. The Morgan fingerprint density at radius 1 is 1.45 bits per heavy atom. The summed E-state index contributed by atoms with van der Waals surface area (Å²) < 4.78 is 0. The maximum atomic E-state index is 5.26. The quantitative estimate of drug-likeness (QED) is 0.612. The predicted octanol–water partition coefficient (Wildman–Crippen LogP) is 0.627. The largest absolute Gasteiger partial charge is 0.377 e. The van der Waals surface area contributed by atoms with E-state index in [1.165, 1.54) is 12.8 Å². The molecule has 1 aliphatic carbocycles. The molecule has 1 aliphatic heterocycles. The first-order valence-corrected chi connectivity index (χ1v) is 4.65. The van der Waals surface area contributed by atoms with Crippen molar-refractivity contribution in [2.45, 2.75) is 18.9 Å². The first kappa shape index (κ1) is 7.50. The van der Waals surface area contributed by atoms with Crippen LogP contribution in [0.1, 0.15) is 12.8 Å². The Labute approximate surface area is 73.0 Å². The van der Waals surface area contributed by atoms with Crippen molar-refractivity contribution in [3.8, 4) is 0 Å². The lowest BCUT2D eigenvalue weighted by Gasteiger charge is -2.36. The van der Waals surface area contributed by atoms with Gasteiger partial charge < -0.3 is 10.2 Å². The van der Waals surface area contributed by atoms with Gasteiger partial charge in [0.15, 0.2) is 0 Å². The molecule has 1 heterocycles. The van der Waals surface area contributed by atoms with Gasteiger partial charge >= 0.3 is 0 Å². The van der Waals surface area contributed by atoms with Crippen LogP contribution in [-0.2, 0) is 0 Å². The van der Waals surface area contributed by atoms with Gasteiger partial charge in [0.2, 0.25) is 0 Å². The summed E-state index contributed by atoms with van der Waals surface area (Å²) in [7, 11) is 2.14. The highest BCUT2D eigenvalue weighted by Crippen LogP contribution is 2.21. The Morgan fingerprint density at radius 2 is 2.09 bits per heavy atom. The van der Waals surface area contributed by atoms with Crippen LogP contribution in [0.4, 0.5) is 0 Å². The Hall–Kier alpha value is -0.150. The SMILES string of the molecule is CN1CC(C(=S)NC2CC2)C1. The van der Waals surface area contributed by atoms with Gasteiger partial charge in [0.05, 0.1) is 4.99 Å². The van der Waals surface area contributed by atoms with Gasteiger partial charge in [-0.05, 0) is 19.9 Å². The lowest BCUT2D eigenvalue weighted by Crippen LogP contribution is -2.51. The minimum atomic E-state index is 0.649. The van der Waals surface area contributed by atoms with Crippen molar-refractivity contribution < 1.29 is 0 Å². The molecular weight excluding hydrogens is 156 g/mol. The summed E-state index contributed by atoms with van der Waals surface area (Å²) in [5, 5.41) is 3.38. The molecule has 0 aromatic rings. The number of hydrogen-bond acceptors (Lipinski definition) is 2. The zero-order valence-corrected chi connectivity index (χ0v) is 7.66. The van der Waals surface area contributed by atoms with Crippen LogP contribution in [0, 0.1) is 5.92 Å². The zero-order valence-electron chi connectivity index (χ0n) is 6.84. The van der Waals surface area contributed by atoms with Crippen LogP contribution in [0.3, 0.4) is 0 Å². The Morgan fingerprint density at radius 3 is 2.55 bits per heavy atom. The highest BCUT2D eigenvalue weighted by Gasteiger charge is 2.30. The number of nitrogens with one attached hydrogen (secondary N) is 1. The summed E-state index contributed by atoms with van der Waals surface area (Å²) in [6, 6.07) is 0.730. The van der Waals surface area contributed by atoms with Crippen molar-refractivity contribution in [1.29, 1.82) is 0 Å². The molecule has 1 saturated heterocycles. The molecule has 0 unspecified atom stereocenters. The molecule has 0 aromatic carbocycles. The molecule has 0 bridgehead atoms. The van der Waals surface area contributed by atoms with E-state index in [0.29, 0.717) is 5.92 Å². The third kappa shape index (κ3) is 1.71. The minimum Gasteiger partial charge on any atom is -0.377 e. The van der Waals surface area contributed by atoms with Crippen LogP contribution in [0.5, 0.6) is 0 Å². The molecule has 0 atom stereocenters. The molecule has 1 N–H and O–H groups in total. The van der Waals surface area contributed by atoms with E-state index in [2.05, 4.69) is 17.3 Å². The number of thiocarbonyl (C=S) groups is 1. The number of nitrogens with zero attached hydrogens (tertiary/aromatic N) is 1. The average Bonchev–Trinajstić information content (AvgIpc) is 2.64. The Kier molecular flexibility index (Phi) is 1.85.